The average molecular weight is 391 g/mol. The molecule has 1 aliphatic heterocycles. The lowest BCUT2D eigenvalue weighted by atomic mass is 9.47. The molecular formula is C23H34O3S. The van der Waals surface area contributed by atoms with Gasteiger partial charge in [0.05, 0.1) is 25.9 Å². The Hall–Kier alpha value is -0.870. The third-order valence-electron chi connectivity index (χ3n) is 7.93. The van der Waals surface area contributed by atoms with Crippen molar-refractivity contribution in [2.24, 2.45) is 22.7 Å². The Kier molecular flexibility index (Phi) is 4.74. The average Bonchev–Trinajstić information content (AvgIpc) is 3.29. The Balaban J connectivity index is 1.59. The summed E-state index contributed by atoms with van der Waals surface area (Å²) in [5.41, 5.74) is 0.844. The molecule has 1 heterocycles. The zero-order valence-corrected chi connectivity index (χ0v) is 18.4. The monoisotopic (exact) mass is 390 g/mol. The van der Waals surface area contributed by atoms with Gasteiger partial charge in [0.25, 0.3) is 0 Å². The maximum atomic E-state index is 6.34. The van der Waals surface area contributed by atoms with E-state index in [9.17, 15) is 0 Å². The predicted octanol–water partition coefficient (Wildman–Crippen LogP) is 5.81. The van der Waals surface area contributed by atoms with Crippen LogP contribution in [0.5, 0.6) is 11.5 Å². The standard InChI is InChI=1S/C23H34O3S/c1-21(2)8-7-9-22(3)18(21)13-20-23(4,26-20)19(22)14-27-17-11-15(24-5)10-16(12-17)25-6/h10-12,18-20H,7-9,13-14H2,1-6H3/t18?,19?,20?,22?,23-/m1/s1. The molecule has 1 saturated heterocycles. The number of epoxide rings is 1. The minimum absolute atomic E-state index is 0.0641. The van der Waals surface area contributed by atoms with Gasteiger partial charge in [-0.15, -0.1) is 11.8 Å². The van der Waals surface area contributed by atoms with E-state index < -0.39 is 0 Å². The summed E-state index contributed by atoms with van der Waals surface area (Å²) in [6, 6.07) is 6.18. The zero-order valence-electron chi connectivity index (χ0n) is 17.6. The van der Waals surface area contributed by atoms with Crippen molar-refractivity contribution in [2.75, 3.05) is 20.0 Å². The molecule has 150 valence electrons. The van der Waals surface area contributed by atoms with Crippen molar-refractivity contribution >= 4 is 11.8 Å². The summed E-state index contributed by atoms with van der Waals surface area (Å²) < 4.78 is 17.3. The lowest BCUT2D eigenvalue weighted by molar-refractivity contribution is -0.0687. The van der Waals surface area contributed by atoms with Gasteiger partial charge in [-0.2, -0.15) is 0 Å². The van der Waals surface area contributed by atoms with E-state index in [1.807, 2.05) is 17.8 Å². The molecule has 5 atom stereocenters. The third-order valence-corrected chi connectivity index (χ3v) is 9.00. The van der Waals surface area contributed by atoms with Crippen LogP contribution in [0.1, 0.15) is 53.4 Å². The van der Waals surface area contributed by atoms with Gasteiger partial charge in [-0.3, -0.25) is 0 Å². The SMILES string of the molecule is COc1cc(OC)cc(SCC2C3(C)CCCC(C)(C)C3CC3O[C@@]32C)c1. The fourth-order valence-electron chi connectivity index (χ4n) is 6.30. The molecule has 0 aromatic heterocycles. The predicted molar refractivity (Wildman–Crippen MR) is 111 cm³/mol. The van der Waals surface area contributed by atoms with E-state index >= 15 is 0 Å². The number of hydrogen-bond donors (Lipinski definition) is 0. The highest BCUT2D eigenvalue weighted by Gasteiger charge is 2.69. The van der Waals surface area contributed by atoms with Crippen LogP contribution in [0.2, 0.25) is 0 Å². The number of hydrogen-bond acceptors (Lipinski definition) is 4. The minimum atomic E-state index is 0.0641. The summed E-state index contributed by atoms with van der Waals surface area (Å²) in [4.78, 5) is 1.22. The maximum absolute atomic E-state index is 6.34. The van der Waals surface area contributed by atoms with E-state index in [4.69, 9.17) is 14.2 Å². The Morgan fingerprint density at radius 2 is 1.70 bits per heavy atom. The second-order valence-electron chi connectivity index (χ2n) is 9.84. The molecule has 2 saturated carbocycles. The van der Waals surface area contributed by atoms with E-state index in [2.05, 4.69) is 39.8 Å². The largest absolute Gasteiger partial charge is 0.497 e. The molecule has 0 N–H and O–H groups in total. The quantitative estimate of drug-likeness (QED) is 0.469. The summed E-state index contributed by atoms with van der Waals surface area (Å²) in [6.07, 6.45) is 5.73. The van der Waals surface area contributed by atoms with E-state index in [1.54, 1.807) is 14.2 Å². The summed E-state index contributed by atoms with van der Waals surface area (Å²) >= 11 is 1.93. The molecule has 1 aromatic rings. The number of rotatable bonds is 5. The van der Waals surface area contributed by atoms with Gasteiger partial charge in [-0.05, 0) is 55.1 Å². The van der Waals surface area contributed by atoms with Crippen LogP contribution in [0, 0.1) is 22.7 Å². The lowest BCUT2D eigenvalue weighted by Crippen LogP contribution is -2.55. The van der Waals surface area contributed by atoms with Crippen LogP contribution in [-0.4, -0.2) is 31.7 Å². The van der Waals surface area contributed by atoms with Crippen LogP contribution < -0.4 is 9.47 Å². The Bertz CT molecular complexity index is 695. The minimum Gasteiger partial charge on any atom is -0.497 e. The smallest absolute Gasteiger partial charge is 0.123 e. The first-order chi connectivity index (χ1) is 12.7. The number of ether oxygens (including phenoxy) is 3. The van der Waals surface area contributed by atoms with Crippen molar-refractivity contribution in [3.8, 4) is 11.5 Å². The second-order valence-corrected chi connectivity index (χ2v) is 10.9. The fraction of sp³-hybridized carbons (Fsp3) is 0.739. The Morgan fingerprint density at radius 3 is 2.33 bits per heavy atom. The molecule has 0 amide bonds. The van der Waals surface area contributed by atoms with Crippen LogP contribution in [-0.2, 0) is 4.74 Å². The molecule has 2 aliphatic carbocycles. The molecule has 3 fully saturated rings. The van der Waals surface area contributed by atoms with Crippen LogP contribution in [0.4, 0.5) is 0 Å². The molecule has 4 unspecified atom stereocenters. The van der Waals surface area contributed by atoms with Gasteiger partial charge in [0.1, 0.15) is 11.5 Å². The van der Waals surface area contributed by atoms with E-state index in [1.165, 1.54) is 30.6 Å². The maximum Gasteiger partial charge on any atom is 0.123 e. The van der Waals surface area contributed by atoms with E-state index in [-0.39, 0.29) is 5.60 Å². The normalized spacial score (nSPS) is 39.3. The summed E-state index contributed by atoms with van der Waals surface area (Å²) in [7, 11) is 3.42. The molecule has 4 rings (SSSR count). The van der Waals surface area contributed by atoms with Gasteiger partial charge in [-0.25, -0.2) is 0 Å². The fourth-order valence-corrected chi connectivity index (χ4v) is 7.77. The molecule has 3 aliphatic rings. The van der Waals surface area contributed by atoms with Crippen molar-refractivity contribution in [3.05, 3.63) is 18.2 Å². The van der Waals surface area contributed by atoms with Crippen LogP contribution in [0.15, 0.2) is 23.1 Å². The number of fused-ring (bicyclic) bond motifs is 2. The molecule has 1 aromatic carbocycles. The van der Waals surface area contributed by atoms with E-state index in [0.717, 1.165) is 23.2 Å². The van der Waals surface area contributed by atoms with Crippen LogP contribution in [0.3, 0.4) is 0 Å². The molecular weight excluding hydrogens is 356 g/mol. The van der Waals surface area contributed by atoms with Gasteiger partial charge in [-0.1, -0.05) is 27.2 Å². The van der Waals surface area contributed by atoms with Crippen molar-refractivity contribution in [2.45, 2.75) is 70.0 Å². The van der Waals surface area contributed by atoms with Gasteiger partial charge in [0, 0.05) is 22.6 Å². The van der Waals surface area contributed by atoms with Crippen molar-refractivity contribution in [1.82, 2.24) is 0 Å². The van der Waals surface area contributed by atoms with Gasteiger partial charge in [0.15, 0.2) is 0 Å². The summed E-state index contributed by atoms with van der Waals surface area (Å²) in [5.74, 6) is 4.14. The molecule has 3 nitrogen and oxygen atoms in total. The summed E-state index contributed by atoms with van der Waals surface area (Å²) in [6.45, 7) is 9.88. The molecule has 0 radical (unpaired) electrons. The van der Waals surface area contributed by atoms with Gasteiger partial charge >= 0.3 is 0 Å². The first kappa shape index (κ1) is 19.4. The first-order valence-electron chi connectivity index (χ1n) is 10.3. The number of thioether (sulfide) groups is 1. The first-order valence-corrected chi connectivity index (χ1v) is 11.3. The lowest BCUT2D eigenvalue weighted by Gasteiger charge is -2.57. The molecule has 4 heteroatoms. The Labute approximate surface area is 168 Å². The highest BCUT2D eigenvalue weighted by molar-refractivity contribution is 7.99. The van der Waals surface area contributed by atoms with Crippen LogP contribution >= 0.6 is 11.8 Å². The molecule has 0 bridgehead atoms. The van der Waals surface area contributed by atoms with E-state index in [0.29, 0.717) is 22.9 Å². The zero-order chi connectivity index (χ0) is 19.4. The van der Waals surface area contributed by atoms with Crippen molar-refractivity contribution < 1.29 is 14.2 Å². The highest BCUT2D eigenvalue weighted by atomic mass is 32.2. The second kappa shape index (κ2) is 6.59. The summed E-state index contributed by atoms with van der Waals surface area (Å²) in [5, 5.41) is 0. The number of methoxy groups -OCH3 is 2. The van der Waals surface area contributed by atoms with Crippen LogP contribution in [0.25, 0.3) is 0 Å². The van der Waals surface area contributed by atoms with Gasteiger partial charge in [0.2, 0.25) is 0 Å². The highest BCUT2D eigenvalue weighted by Crippen LogP contribution is 2.68. The van der Waals surface area contributed by atoms with Crippen molar-refractivity contribution in [3.63, 3.8) is 0 Å². The molecule has 27 heavy (non-hydrogen) atoms. The van der Waals surface area contributed by atoms with Crippen molar-refractivity contribution in [1.29, 1.82) is 0 Å². The Morgan fingerprint density at radius 1 is 1.04 bits per heavy atom. The molecule has 0 spiro atoms. The van der Waals surface area contributed by atoms with Gasteiger partial charge < -0.3 is 14.2 Å². The topological polar surface area (TPSA) is 31.0 Å². The third kappa shape index (κ3) is 3.17. The number of benzene rings is 1.